The molecule has 0 aromatic heterocycles. The molecule has 0 aliphatic carbocycles. The number of aliphatic hydroxyl groups excluding tert-OH is 1. The van der Waals surface area contributed by atoms with Crippen molar-refractivity contribution < 1.29 is 5.11 Å². The molecule has 0 saturated carbocycles. The quantitative estimate of drug-likeness (QED) is 0.815. The lowest BCUT2D eigenvalue weighted by atomic mass is 9.93. The van der Waals surface area contributed by atoms with Crippen molar-refractivity contribution in [1.29, 1.82) is 0 Å². The van der Waals surface area contributed by atoms with Crippen molar-refractivity contribution in [2.45, 2.75) is 39.2 Å². The Morgan fingerprint density at radius 1 is 1.31 bits per heavy atom. The van der Waals surface area contributed by atoms with E-state index < -0.39 is 6.10 Å². The summed E-state index contributed by atoms with van der Waals surface area (Å²) in [6.07, 6.45) is 2.51. The highest BCUT2D eigenvalue weighted by Crippen LogP contribution is 2.33. The highest BCUT2D eigenvalue weighted by molar-refractivity contribution is 9.10. The maximum atomic E-state index is 10.2. The van der Waals surface area contributed by atoms with Gasteiger partial charge in [-0.25, -0.2) is 0 Å². The van der Waals surface area contributed by atoms with Gasteiger partial charge in [0.2, 0.25) is 0 Å². The van der Waals surface area contributed by atoms with Crippen molar-refractivity contribution in [3.8, 4) is 0 Å². The minimum Gasteiger partial charge on any atom is -0.388 e. The molecule has 0 spiro atoms. The molecule has 16 heavy (non-hydrogen) atoms. The van der Waals surface area contributed by atoms with E-state index in [4.69, 9.17) is 11.6 Å². The smallest absolute Gasteiger partial charge is 0.0807 e. The van der Waals surface area contributed by atoms with Crippen molar-refractivity contribution in [3.05, 3.63) is 33.3 Å². The number of hydrogen-bond donors (Lipinski definition) is 1. The number of rotatable bonds is 5. The molecule has 1 atom stereocenters. The van der Waals surface area contributed by atoms with Crippen LogP contribution in [0.15, 0.2) is 22.7 Å². The zero-order chi connectivity index (χ0) is 12.1. The first-order chi connectivity index (χ1) is 7.60. The number of benzene rings is 1. The van der Waals surface area contributed by atoms with Crippen molar-refractivity contribution in [1.82, 2.24) is 0 Å². The maximum absolute atomic E-state index is 10.2. The Kier molecular flexibility index (Phi) is 5.81. The zero-order valence-corrected chi connectivity index (χ0v) is 12.1. The number of hydrogen-bond acceptors (Lipinski definition) is 1. The van der Waals surface area contributed by atoms with Gasteiger partial charge in [-0.2, -0.15) is 0 Å². The third kappa shape index (κ3) is 3.47. The maximum Gasteiger partial charge on any atom is 0.0807 e. The first-order valence-corrected chi connectivity index (χ1v) is 6.89. The third-order valence-electron chi connectivity index (χ3n) is 3.05. The van der Waals surface area contributed by atoms with Crippen LogP contribution in [-0.4, -0.2) is 5.11 Å². The molecule has 0 heterocycles. The van der Waals surface area contributed by atoms with Gasteiger partial charge >= 0.3 is 0 Å². The standard InChI is InChI=1S/C13H18BrClO/c1-3-9(4-2)8-12(16)10-6-5-7-11(14)13(10)15/h5-7,9,12,16H,3-4,8H2,1-2H3. The van der Waals surface area contributed by atoms with E-state index >= 15 is 0 Å². The molecule has 90 valence electrons. The van der Waals surface area contributed by atoms with Gasteiger partial charge in [0.15, 0.2) is 0 Å². The molecule has 1 unspecified atom stereocenters. The van der Waals surface area contributed by atoms with E-state index in [2.05, 4.69) is 29.8 Å². The normalized spacial score (nSPS) is 13.1. The van der Waals surface area contributed by atoms with E-state index in [0.29, 0.717) is 10.9 Å². The summed E-state index contributed by atoms with van der Waals surface area (Å²) in [6.45, 7) is 4.31. The third-order valence-corrected chi connectivity index (χ3v) is 4.36. The van der Waals surface area contributed by atoms with E-state index in [1.807, 2.05) is 18.2 Å². The lowest BCUT2D eigenvalue weighted by Crippen LogP contribution is -2.06. The Labute approximate surface area is 111 Å². The van der Waals surface area contributed by atoms with E-state index in [1.54, 1.807) is 0 Å². The molecule has 1 N–H and O–H groups in total. The summed E-state index contributed by atoms with van der Waals surface area (Å²) in [7, 11) is 0. The molecule has 0 radical (unpaired) electrons. The van der Waals surface area contributed by atoms with E-state index in [-0.39, 0.29) is 0 Å². The summed E-state index contributed by atoms with van der Waals surface area (Å²) in [5.74, 6) is 0.560. The Bertz CT molecular complexity index is 337. The van der Waals surface area contributed by atoms with Gasteiger partial charge in [0, 0.05) is 10.0 Å². The second-order valence-electron chi connectivity index (χ2n) is 4.08. The fourth-order valence-corrected chi connectivity index (χ4v) is 2.48. The molecule has 1 aromatic carbocycles. The molecular formula is C13H18BrClO. The predicted octanol–water partition coefficient (Wildman–Crippen LogP) is 4.96. The summed E-state index contributed by atoms with van der Waals surface area (Å²) >= 11 is 9.52. The summed E-state index contributed by atoms with van der Waals surface area (Å²) in [5.41, 5.74) is 0.822. The minimum absolute atomic E-state index is 0.463. The Balaban J connectivity index is 2.80. The van der Waals surface area contributed by atoms with Crippen LogP contribution in [0.5, 0.6) is 0 Å². The molecular weight excluding hydrogens is 287 g/mol. The van der Waals surface area contributed by atoms with Crippen LogP contribution in [-0.2, 0) is 0 Å². The highest BCUT2D eigenvalue weighted by atomic mass is 79.9. The first-order valence-electron chi connectivity index (χ1n) is 5.72. The van der Waals surface area contributed by atoms with Crippen LogP contribution in [0.25, 0.3) is 0 Å². The summed E-state index contributed by atoms with van der Waals surface area (Å²) in [6, 6.07) is 5.68. The van der Waals surface area contributed by atoms with Gasteiger partial charge < -0.3 is 5.11 Å². The van der Waals surface area contributed by atoms with Gasteiger partial charge in [-0.05, 0) is 34.3 Å². The SMILES string of the molecule is CCC(CC)CC(O)c1cccc(Br)c1Cl. The van der Waals surface area contributed by atoms with Gasteiger partial charge in [0.05, 0.1) is 11.1 Å². The van der Waals surface area contributed by atoms with Gasteiger partial charge in [-0.3, -0.25) is 0 Å². The molecule has 0 saturated heterocycles. The largest absolute Gasteiger partial charge is 0.388 e. The molecule has 0 aliphatic rings. The highest BCUT2D eigenvalue weighted by Gasteiger charge is 2.16. The Morgan fingerprint density at radius 2 is 1.94 bits per heavy atom. The average molecular weight is 306 g/mol. The van der Waals surface area contributed by atoms with Crippen LogP contribution in [0, 0.1) is 5.92 Å². The van der Waals surface area contributed by atoms with E-state index in [1.165, 1.54) is 0 Å². The van der Waals surface area contributed by atoms with Crippen LogP contribution >= 0.6 is 27.5 Å². The topological polar surface area (TPSA) is 20.2 Å². The van der Waals surface area contributed by atoms with Crippen LogP contribution in [0.1, 0.15) is 44.8 Å². The first kappa shape index (κ1) is 14.0. The van der Waals surface area contributed by atoms with Crippen molar-refractivity contribution in [3.63, 3.8) is 0 Å². The summed E-state index contributed by atoms with van der Waals surface area (Å²) in [5, 5.41) is 10.8. The second-order valence-corrected chi connectivity index (χ2v) is 5.31. The summed E-state index contributed by atoms with van der Waals surface area (Å²) in [4.78, 5) is 0. The number of aliphatic hydroxyl groups is 1. The molecule has 0 amide bonds. The van der Waals surface area contributed by atoms with Crippen LogP contribution < -0.4 is 0 Å². The van der Waals surface area contributed by atoms with Crippen molar-refractivity contribution >= 4 is 27.5 Å². The van der Waals surface area contributed by atoms with Crippen LogP contribution in [0.2, 0.25) is 5.02 Å². The predicted molar refractivity (Wildman–Crippen MR) is 72.8 cm³/mol. The van der Waals surface area contributed by atoms with Crippen molar-refractivity contribution in [2.24, 2.45) is 5.92 Å². The van der Waals surface area contributed by atoms with E-state index in [0.717, 1.165) is 29.3 Å². The fourth-order valence-electron chi connectivity index (χ4n) is 1.84. The molecule has 0 fully saturated rings. The van der Waals surface area contributed by atoms with Gasteiger partial charge in [0.1, 0.15) is 0 Å². The van der Waals surface area contributed by atoms with Gasteiger partial charge in [-0.15, -0.1) is 0 Å². The minimum atomic E-state index is -0.463. The molecule has 1 nitrogen and oxygen atoms in total. The molecule has 1 rings (SSSR count). The van der Waals surface area contributed by atoms with Gasteiger partial charge in [-0.1, -0.05) is 50.4 Å². The van der Waals surface area contributed by atoms with E-state index in [9.17, 15) is 5.11 Å². The number of halogens is 2. The Hall–Kier alpha value is -0.0500. The lowest BCUT2D eigenvalue weighted by molar-refractivity contribution is 0.141. The van der Waals surface area contributed by atoms with Crippen molar-refractivity contribution in [2.75, 3.05) is 0 Å². The average Bonchev–Trinajstić information content (AvgIpc) is 2.29. The summed E-state index contributed by atoms with van der Waals surface area (Å²) < 4.78 is 0.843. The van der Waals surface area contributed by atoms with Crippen LogP contribution in [0.4, 0.5) is 0 Å². The Morgan fingerprint density at radius 3 is 2.50 bits per heavy atom. The zero-order valence-electron chi connectivity index (χ0n) is 9.71. The van der Waals surface area contributed by atoms with Gasteiger partial charge in [0.25, 0.3) is 0 Å². The molecule has 0 bridgehead atoms. The lowest BCUT2D eigenvalue weighted by Gasteiger charge is -2.19. The molecule has 1 aromatic rings. The second kappa shape index (κ2) is 6.63. The molecule has 3 heteroatoms. The molecule has 0 aliphatic heterocycles. The van der Waals surface area contributed by atoms with Crippen LogP contribution in [0.3, 0.4) is 0 Å². The fraction of sp³-hybridized carbons (Fsp3) is 0.538. The monoisotopic (exact) mass is 304 g/mol.